The molecule has 1 saturated heterocycles. The zero-order chi connectivity index (χ0) is 23.0. The van der Waals surface area contributed by atoms with E-state index in [2.05, 4.69) is 0 Å². The van der Waals surface area contributed by atoms with Gasteiger partial charge >= 0.3 is 18.2 Å². The number of likely N-dealkylation sites (tertiary alicyclic amines) is 1. The van der Waals surface area contributed by atoms with Crippen molar-refractivity contribution in [3.05, 3.63) is 35.4 Å². The van der Waals surface area contributed by atoms with Crippen LogP contribution >= 0.6 is 0 Å². The Bertz CT molecular complexity index is 982. The van der Waals surface area contributed by atoms with E-state index < -0.39 is 66.0 Å². The first-order valence-electron chi connectivity index (χ1n) is 9.47. The van der Waals surface area contributed by atoms with Crippen molar-refractivity contribution in [2.75, 3.05) is 13.1 Å². The Morgan fingerprint density at radius 1 is 1.00 bits per heavy atom. The number of nitrogens with zero attached hydrogens (tertiary/aromatic N) is 2. The fraction of sp³-hybridized carbons (Fsp3) is 0.500. The number of hydrogen-bond acceptors (Lipinski definition) is 6. The van der Waals surface area contributed by atoms with E-state index in [0.717, 1.165) is 4.90 Å². The Balaban J connectivity index is 1.58. The van der Waals surface area contributed by atoms with Gasteiger partial charge in [-0.25, -0.2) is 9.59 Å². The molecule has 11 heteroatoms. The lowest BCUT2D eigenvalue weighted by molar-refractivity contribution is -0.203. The van der Waals surface area contributed by atoms with E-state index in [1.165, 1.54) is 24.3 Å². The standard InChI is InChI=1S/C20H19F3N2O6/c1-17(2,3)30-16(29)24-9-18(8-19(18,10-24)20(21,22)23)15(28)31-25-13(26)11-6-4-5-7-12(11)14(25)27/h4-7H,8-10H2,1-3H3/t18-,19-/m0/s1. The van der Waals surface area contributed by atoms with Gasteiger partial charge in [-0.3, -0.25) is 9.59 Å². The molecular formula is C20H19F3N2O6. The Morgan fingerprint density at radius 2 is 1.55 bits per heavy atom. The smallest absolute Gasteiger partial charge is 0.410 e. The fourth-order valence-corrected chi connectivity index (χ4v) is 4.26. The van der Waals surface area contributed by atoms with Gasteiger partial charge in [0.05, 0.1) is 11.1 Å². The largest absolute Gasteiger partial charge is 0.444 e. The summed E-state index contributed by atoms with van der Waals surface area (Å²) in [6, 6.07) is 5.69. The number of hydroxylamine groups is 2. The zero-order valence-electron chi connectivity index (χ0n) is 16.9. The van der Waals surface area contributed by atoms with Crippen LogP contribution in [0, 0.1) is 10.8 Å². The molecule has 0 aromatic heterocycles. The maximum absolute atomic E-state index is 13.9. The van der Waals surface area contributed by atoms with Crippen molar-refractivity contribution in [2.24, 2.45) is 10.8 Å². The number of benzene rings is 1. The SMILES string of the molecule is CC(C)(C)OC(=O)N1C[C@]2(C(=O)ON3C(=O)c4ccccc4C3=O)C[C@]2(C(F)(F)F)C1. The molecule has 0 radical (unpaired) electrons. The molecule has 2 aliphatic heterocycles. The third kappa shape index (κ3) is 2.97. The average molecular weight is 440 g/mol. The van der Waals surface area contributed by atoms with Crippen LogP contribution in [0.5, 0.6) is 0 Å². The fourth-order valence-electron chi connectivity index (χ4n) is 4.26. The minimum Gasteiger partial charge on any atom is -0.444 e. The lowest BCUT2D eigenvalue weighted by atomic mass is 9.96. The number of carbonyl (C=O) groups is 4. The highest BCUT2D eigenvalue weighted by Crippen LogP contribution is 2.75. The van der Waals surface area contributed by atoms with Crippen molar-refractivity contribution in [1.29, 1.82) is 0 Å². The van der Waals surface area contributed by atoms with Crippen LogP contribution in [0.4, 0.5) is 18.0 Å². The van der Waals surface area contributed by atoms with Crippen LogP contribution in [0.25, 0.3) is 0 Å². The van der Waals surface area contributed by atoms with Gasteiger partial charge in [0, 0.05) is 13.1 Å². The predicted octanol–water partition coefficient (Wildman–Crippen LogP) is 2.93. The van der Waals surface area contributed by atoms with Crippen molar-refractivity contribution < 1.29 is 41.9 Å². The first kappa shape index (κ1) is 21.1. The van der Waals surface area contributed by atoms with Crippen molar-refractivity contribution >= 4 is 23.9 Å². The van der Waals surface area contributed by atoms with Crippen LogP contribution in [-0.2, 0) is 14.4 Å². The Kier molecular flexibility index (Phi) is 4.23. The molecular weight excluding hydrogens is 421 g/mol. The molecule has 4 rings (SSSR count). The maximum atomic E-state index is 13.9. The molecule has 3 amide bonds. The Morgan fingerprint density at radius 3 is 2.03 bits per heavy atom. The van der Waals surface area contributed by atoms with Crippen molar-refractivity contribution in [1.82, 2.24) is 9.96 Å². The molecule has 3 aliphatic rings. The zero-order valence-corrected chi connectivity index (χ0v) is 16.9. The number of hydrogen-bond donors (Lipinski definition) is 0. The molecule has 31 heavy (non-hydrogen) atoms. The average Bonchev–Trinajstić information content (AvgIpc) is 3.11. The highest BCUT2D eigenvalue weighted by Gasteiger charge is 2.88. The minimum atomic E-state index is -4.81. The number of amides is 3. The van der Waals surface area contributed by atoms with Crippen LogP contribution in [0.2, 0.25) is 0 Å². The first-order chi connectivity index (χ1) is 14.2. The molecule has 8 nitrogen and oxygen atoms in total. The molecule has 2 atom stereocenters. The Hall–Kier alpha value is -3.11. The van der Waals surface area contributed by atoms with Crippen LogP contribution in [-0.4, -0.2) is 58.7 Å². The van der Waals surface area contributed by atoms with E-state index in [4.69, 9.17) is 9.57 Å². The summed E-state index contributed by atoms with van der Waals surface area (Å²) in [5, 5.41) is 0.178. The number of fused-ring (bicyclic) bond motifs is 2. The normalized spacial score (nSPS) is 27.2. The summed E-state index contributed by atoms with van der Waals surface area (Å²) in [6.45, 7) is 3.32. The monoisotopic (exact) mass is 440 g/mol. The third-order valence-corrected chi connectivity index (χ3v) is 5.83. The molecule has 1 aliphatic carbocycles. The summed E-state index contributed by atoms with van der Waals surface area (Å²) < 4.78 is 46.9. The number of carbonyl (C=O) groups excluding carboxylic acids is 4. The summed E-state index contributed by atoms with van der Waals surface area (Å²) in [5.74, 6) is -3.26. The second-order valence-electron chi connectivity index (χ2n) is 9.00. The second-order valence-corrected chi connectivity index (χ2v) is 9.00. The van der Waals surface area contributed by atoms with Crippen LogP contribution in [0.15, 0.2) is 24.3 Å². The van der Waals surface area contributed by atoms with Gasteiger partial charge in [-0.05, 0) is 39.3 Å². The number of piperidine rings is 1. The summed E-state index contributed by atoms with van der Waals surface area (Å²) in [5.41, 5.74) is -5.61. The summed E-state index contributed by atoms with van der Waals surface area (Å²) >= 11 is 0. The van der Waals surface area contributed by atoms with Crippen molar-refractivity contribution in [3.8, 4) is 0 Å². The molecule has 0 unspecified atom stereocenters. The lowest BCUT2D eigenvalue weighted by Crippen LogP contribution is -2.40. The molecule has 2 fully saturated rings. The highest BCUT2D eigenvalue weighted by molar-refractivity contribution is 6.21. The summed E-state index contributed by atoms with van der Waals surface area (Å²) in [7, 11) is 0. The van der Waals surface area contributed by atoms with Gasteiger partial charge in [-0.15, -0.1) is 0 Å². The number of imide groups is 1. The van der Waals surface area contributed by atoms with Gasteiger partial charge in [0.15, 0.2) is 0 Å². The van der Waals surface area contributed by atoms with Gasteiger partial charge in [0.2, 0.25) is 0 Å². The lowest BCUT2D eigenvalue weighted by Gasteiger charge is -2.26. The van der Waals surface area contributed by atoms with E-state index in [1.54, 1.807) is 20.8 Å². The van der Waals surface area contributed by atoms with E-state index in [1.807, 2.05) is 0 Å². The van der Waals surface area contributed by atoms with Gasteiger partial charge in [0.25, 0.3) is 11.8 Å². The molecule has 0 bridgehead atoms. The number of alkyl halides is 3. The van der Waals surface area contributed by atoms with E-state index in [0.29, 0.717) is 0 Å². The van der Waals surface area contributed by atoms with E-state index in [-0.39, 0.29) is 16.2 Å². The molecule has 0 spiro atoms. The van der Waals surface area contributed by atoms with Crippen LogP contribution in [0.1, 0.15) is 47.9 Å². The molecule has 166 valence electrons. The van der Waals surface area contributed by atoms with Gasteiger partial charge in [-0.2, -0.15) is 13.2 Å². The Labute approximate surface area is 174 Å². The summed E-state index contributed by atoms with van der Waals surface area (Å²) in [4.78, 5) is 55.7. The molecule has 1 saturated carbocycles. The first-order valence-corrected chi connectivity index (χ1v) is 9.47. The topological polar surface area (TPSA) is 93.2 Å². The van der Waals surface area contributed by atoms with Gasteiger partial charge in [0.1, 0.15) is 16.4 Å². The highest BCUT2D eigenvalue weighted by atomic mass is 19.4. The molecule has 1 aromatic carbocycles. The quantitative estimate of drug-likeness (QED) is 0.657. The molecule has 2 heterocycles. The number of ether oxygens (including phenoxy) is 1. The van der Waals surface area contributed by atoms with Crippen molar-refractivity contribution in [2.45, 2.75) is 39.0 Å². The maximum Gasteiger partial charge on any atom is 0.410 e. The van der Waals surface area contributed by atoms with Crippen LogP contribution < -0.4 is 0 Å². The van der Waals surface area contributed by atoms with Crippen molar-refractivity contribution in [3.63, 3.8) is 0 Å². The predicted molar refractivity (Wildman–Crippen MR) is 96.4 cm³/mol. The van der Waals surface area contributed by atoms with Gasteiger partial charge in [-0.1, -0.05) is 17.2 Å². The minimum absolute atomic E-state index is 0.0162. The number of halogens is 3. The second kappa shape index (κ2) is 6.21. The number of rotatable bonds is 2. The third-order valence-electron chi connectivity index (χ3n) is 5.83. The summed E-state index contributed by atoms with van der Waals surface area (Å²) in [6.07, 6.45) is -6.41. The van der Waals surface area contributed by atoms with Gasteiger partial charge < -0.3 is 14.5 Å². The van der Waals surface area contributed by atoms with E-state index >= 15 is 0 Å². The van der Waals surface area contributed by atoms with Crippen LogP contribution in [0.3, 0.4) is 0 Å². The van der Waals surface area contributed by atoms with E-state index in [9.17, 15) is 32.3 Å². The molecule has 1 aromatic rings. The molecule has 0 N–H and O–H groups in total.